The van der Waals surface area contributed by atoms with Crippen molar-refractivity contribution in [3.63, 3.8) is 0 Å². The molecular weight excluding hydrogens is 388 g/mol. The first-order valence-corrected chi connectivity index (χ1v) is 9.12. The SMILES string of the molecule is CCC(=O)Oc1nc(-c2ccccc2)ccc1NC(=O)Nc1c(O)ccn(C)c1=O. The van der Waals surface area contributed by atoms with Crippen LogP contribution in [0.4, 0.5) is 16.2 Å². The molecule has 0 saturated heterocycles. The highest BCUT2D eigenvalue weighted by atomic mass is 16.5. The molecule has 0 bridgehead atoms. The Labute approximate surface area is 172 Å². The van der Waals surface area contributed by atoms with Gasteiger partial charge in [0.05, 0.1) is 5.69 Å². The van der Waals surface area contributed by atoms with Crippen LogP contribution in [-0.4, -0.2) is 26.7 Å². The van der Waals surface area contributed by atoms with Crippen LogP contribution in [0.2, 0.25) is 0 Å². The van der Waals surface area contributed by atoms with Crippen molar-refractivity contribution in [1.29, 1.82) is 0 Å². The summed E-state index contributed by atoms with van der Waals surface area (Å²) >= 11 is 0. The fourth-order valence-electron chi connectivity index (χ4n) is 2.57. The number of hydrogen-bond donors (Lipinski definition) is 3. The molecule has 3 rings (SSSR count). The van der Waals surface area contributed by atoms with E-state index in [2.05, 4.69) is 15.6 Å². The number of nitrogens with zero attached hydrogens (tertiary/aromatic N) is 2. The van der Waals surface area contributed by atoms with Crippen LogP contribution in [0.5, 0.6) is 11.6 Å². The number of pyridine rings is 2. The van der Waals surface area contributed by atoms with Crippen LogP contribution in [-0.2, 0) is 11.8 Å². The highest BCUT2D eigenvalue weighted by Gasteiger charge is 2.17. The minimum absolute atomic E-state index is 0.0801. The number of esters is 1. The summed E-state index contributed by atoms with van der Waals surface area (Å²) in [6.07, 6.45) is 1.49. The van der Waals surface area contributed by atoms with E-state index in [-0.39, 0.29) is 29.4 Å². The van der Waals surface area contributed by atoms with Crippen molar-refractivity contribution in [3.8, 4) is 22.9 Å². The quantitative estimate of drug-likeness (QED) is 0.558. The predicted molar refractivity (Wildman–Crippen MR) is 112 cm³/mol. The minimum atomic E-state index is -0.809. The Morgan fingerprint density at radius 2 is 1.83 bits per heavy atom. The third-order valence-electron chi connectivity index (χ3n) is 4.16. The Morgan fingerprint density at radius 3 is 2.53 bits per heavy atom. The molecule has 0 saturated carbocycles. The van der Waals surface area contributed by atoms with Crippen molar-refractivity contribution in [2.75, 3.05) is 10.6 Å². The third-order valence-corrected chi connectivity index (χ3v) is 4.16. The van der Waals surface area contributed by atoms with Gasteiger partial charge < -0.3 is 19.7 Å². The minimum Gasteiger partial charge on any atom is -0.505 e. The number of aromatic hydroxyl groups is 1. The van der Waals surface area contributed by atoms with E-state index in [4.69, 9.17) is 4.74 Å². The molecule has 0 spiro atoms. The summed E-state index contributed by atoms with van der Waals surface area (Å²) in [7, 11) is 1.49. The van der Waals surface area contributed by atoms with Gasteiger partial charge in [-0.3, -0.25) is 14.9 Å². The largest absolute Gasteiger partial charge is 0.505 e. The van der Waals surface area contributed by atoms with Crippen LogP contribution in [0.15, 0.2) is 59.5 Å². The first kappa shape index (κ1) is 20.6. The van der Waals surface area contributed by atoms with E-state index >= 15 is 0 Å². The molecule has 0 atom stereocenters. The van der Waals surface area contributed by atoms with Gasteiger partial charge in [0, 0.05) is 25.2 Å². The summed E-state index contributed by atoms with van der Waals surface area (Å²) in [6.45, 7) is 1.64. The van der Waals surface area contributed by atoms with Crippen LogP contribution in [0, 0.1) is 0 Å². The van der Waals surface area contributed by atoms with E-state index in [0.29, 0.717) is 5.69 Å². The molecule has 2 amide bonds. The van der Waals surface area contributed by atoms with Gasteiger partial charge in [0.15, 0.2) is 5.69 Å². The number of hydrogen-bond acceptors (Lipinski definition) is 6. The van der Waals surface area contributed by atoms with Crippen molar-refractivity contribution >= 4 is 23.4 Å². The van der Waals surface area contributed by atoms with Crippen molar-refractivity contribution in [1.82, 2.24) is 9.55 Å². The molecule has 9 heteroatoms. The lowest BCUT2D eigenvalue weighted by atomic mass is 10.1. The molecule has 3 N–H and O–H groups in total. The zero-order chi connectivity index (χ0) is 21.7. The number of benzene rings is 1. The molecule has 0 aliphatic carbocycles. The second kappa shape index (κ2) is 8.91. The lowest BCUT2D eigenvalue weighted by molar-refractivity contribution is -0.134. The smallest absolute Gasteiger partial charge is 0.324 e. The molecule has 9 nitrogen and oxygen atoms in total. The van der Waals surface area contributed by atoms with Gasteiger partial charge in [-0.05, 0) is 18.2 Å². The van der Waals surface area contributed by atoms with Gasteiger partial charge in [-0.25, -0.2) is 9.78 Å². The fraction of sp³-hybridized carbons (Fsp3) is 0.143. The Hall–Kier alpha value is -4.14. The zero-order valence-corrected chi connectivity index (χ0v) is 16.4. The standard InChI is InChI=1S/C21H20N4O5/c1-3-17(27)30-19-15(10-9-14(22-19)13-7-5-4-6-8-13)23-21(29)24-18-16(26)11-12-25(2)20(18)28/h4-12,26H,3H2,1-2H3,(H2,23,24,29). The maximum absolute atomic E-state index is 12.4. The van der Waals surface area contributed by atoms with Crippen LogP contribution in [0.1, 0.15) is 13.3 Å². The molecule has 0 aliphatic rings. The Balaban J connectivity index is 1.89. The van der Waals surface area contributed by atoms with E-state index in [9.17, 15) is 19.5 Å². The summed E-state index contributed by atoms with van der Waals surface area (Å²) < 4.78 is 6.48. The average molecular weight is 408 g/mol. The van der Waals surface area contributed by atoms with E-state index < -0.39 is 17.6 Å². The monoisotopic (exact) mass is 408 g/mol. The number of ether oxygens (including phenoxy) is 1. The van der Waals surface area contributed by atoms with E-state index in [0.717, 1.165) is 5.56 Å². The number of amides is 2. The van der Waals surface area contributed by atoms with Crippen molar-refractivity contribution < 1.29 is 19.4 Å². The number of carbonyl (C=O) groups is 2. The molecule has 1 aromatic carbocycles. The second-order valence-corrected chi connectivity index (χ2v) is 6.31. The van der Waals surface area contributed by atoms with Crippen LogP contribution in [0.3, 0.4) is 0 Å². The number of aryl methyl sites for hydroxylation is 1. The molecule has 0 fully saturated rings. The first-order valence-electron chi connectivity index (χ1n) is 9.12. The van der Waals surface area contributed by atoms with Gasteiger partial charge in [-0.2, -0.15) is 0 Å². The zero-order valence-electron chi connectivity index (χ0n) is 16.4. The van der Waals surface area contributed by atoms with Crippen LogP contribution in [0.25, 0.3) is 11.3 Å². The topological polar surface area (TPSA) is 123 Å². The summed E-state index contributed by atoms with van der Waals surface area (Å²) in [5, 5.41) is 14.7. The second-order valence-electron chi connectivity index (χ2n) is 6.31. The first-order chi connectivity index (χ1) is 14.4. The van der Waals surface area contributed by atoms with Crippen LogP contribution >= 0.6 is 0 Å². The van der Waals surface area contributed by atoms with E-state index in [1.54, 1.807) is 13.0 Å². The number of nitrogens with one attached hydrogen (secondary N) is 2. The molecule has 3 aromatic rings. The van der Waals surface area contributed by atoms with Crippen molar-refractivity contribution in [2.24, 2.45) is 7.05 Å². The lowest BCUT2D eigenvalue weighted by Crippen LogP contribution is -2.27. The molecule has 0 unspecified atom stereocenters. The lowest BCUT2D eigenvalue weighted by Gasteiger charge is -2.13. The maximum Gasteiger partial charge on any atom is 0.324 e. The molecule has 30 heavy (non-hydrogen) atoms. The van der Waals surface area contributed by atoms with E-state index in [1.165, 1.54) is 29.9 Å². The number of rotatable bonds is 5. The van der Waals surface area contributed by atoms with Gasteiger partial charge in [-0.15, -0.1) is 0 Å². The maximum atomic E-state index is 12.4. The summed E-state index contributed by atoms with van der Waals surface area (Å²) in [4.78, 5) is 40.7. The molecule has 2 heterocycles. The van der Waals surface area contributed by atoms with Crippen molar-refractivity contribution in [2.45, 2.75) is 13.3 Å². The van der Waals surface area contributed by atoms with Gasteiger partial charge >= 0.3 is 12.0 Å². The van der Waals surface area contributed by atoms with Gasteiger partial charge in [0.25, 0.3) is 5.56 Å². The summed E-state index contributed by atoms with van der Waals surface area (Å²) in [6, 6.07) is 12.9. The van der Waals surface area contributed by atoms with Crippen molar-refractivity contribution in [3.05, 3.63) is 65.1 Å². The Morgan fingerprint density at radius 1 is 1.10 bits per heavy atom. The summed E-state index contributed by atoms with van der Waals surface area (Å²) in [5.41, 5.74) is 0.620. The van der Waals surface area contributed by atoms with E-state index in [1.807, 2.05) is 30.3 Å². The highest BCUT2D eigenvalue weighted by Crippen LogP contribution is 2.28. The van der Waals surface area contributed by atoms with Gasteiger partial charge in [0.1, 0.15) is 11.4 Å². The highest BCUT2D eigenvalue weighted by molar-refractivity contribution is 6.01. The number of carbonyl (C=O) groups excluding carboxylic acids is 2. The fourth-order valence-corrected chi connectivity index (χ4v) is 2.57. The Kier molecular flexibility index (Phi) is 6.11. The molecular formula is C21H20N4O5. The third kappa shape index (κ3) is 4.64. The molecule has 2 aromatic heterocycles. The average Bonchev–Trinajstić information content (AvgIpc) is 2.75. The van der Waals surface area contributed by atoms with Gasteiger partial charge in [0.2, 0.25) is 5.88 Å². The number of aromatic nitrogens is 2. The van der Waals surface area contributed by atoms with Crippen LogP contribution < -0.4 is 20.9 Å². The molecule has 154 valence electrons. The number of urea groups is 1. The predicted octanol–water partition coefficient (Wildman–Crippen LogP) is 3.11. The number of anilines is 2. The molecule has 0 radical (unpaired) electrons. The Bertz CT molecular complexity index is 1140. The normalized spacial score (nSPS) is 10.3. The summed E-state index contributed by atoms with van der Waals surface area (Å²) in [5.74, 6) is -0.974. The molecule has 0 aliphatic heterocycles. The van der Waals surface area contributed by atoms with Gasteiger partial charge in [-0.1, -0.05) is 37.3 Å².